The van der Waals surface area contributed by atoms with Gasteiger partial charge in [-0.2, -0.15) is 0 Å². The van der Waals surface area contributed by atoms with Crippen LogP contribution in [-0.4, -0.2) is 71.9 Å². The van der Waals surface area contributed by atoms with Crippen molar-refractivity contribution in [3.63, 3.8) is 0 Å². The number of imide groups is 1. The van der Waals surface area contributed by atoms with Crippen LogP contribution in [0.5, 0.6) is 5.75 Å². The third-order valence-electron chi connectivity index (χ3n) is 5.32. The number of pyridine rings is 1. The van der Waals surface area contributed by atoms with Gasteiger partial charge in [-0.1, -0.05) is 36.9 Å². The molecule has 0 saturated carbocycles. The van der Waals surface area contributed by atoms with Crippen molar-refractivity contribution in [1.29, 1.82) is 0 Å². The minimum Gasteiger partial charge on any atom is -0.493 e. The Morgan fingerprint density at radius 1 is 1.00 bits per heavy atom. The van der Waals surface area contributed by atoms with Gasteiger partial charge in [-0.3, -0.25) is 29.5 Å². The van der Waals surface area contributed by atoms with E-state index >= 15 is 0 Å². The van der Waals surface area contributed by atoms with Crippen LogP contribution < -0.4 is 10.1 Å². The van der Waals surface area contributed by atoms with E-state index in [1.54, 1.807) is 0 Å². The van der Waals surface area contributed by atoms with Crippen LogP contribution in [0.2, 0.25) is 0 Å². The van der Waals surface area contributed by atoms with Crippen LogP contribution >= 0.6 is 11.8 Å². The summed E-state index contributed by atoms with van der Waals surface area (Å²) in [6.07, 6.45) is 1.91. The molecule has 3 rings (SSSR count). The third-order valence-corrected chi connectivity index (χ3v) is 6.30. The molecule has 1 aromatic carbocycles. The normalized spacial score (nSPS) is 14.7. The van der Waals surface area contributed by atoms with Gasteiger partial charge in [0.1, 0.15) is 5.75 Å². The first kappa shape index (κ1) is 30.3. The number of aryl methyl sites for hydroxylation is 1. The third kappa shape index (κ3) is 9.82. The highest BCUT2D eigenvalue weighted by atomic mass is 32.2. The molecule has 1 saturated heterocycles. The number of carbonyl (C=O) groups is 5. The van der Waals surface area contributed by atoms with E-state index in [-0.39, 0.29) is 16.4 Å². The van der Waals surface area contributed by atoms with Gasteiger partial charge in [-0.25, -0.2) is 4.79 Å². The number of hydrogen-bond acceptors (Lipinski definition) is 9. The fourth-order valence-electron chi connectivity index (χ4n) is 3.26. The molecular weight excluding hydrogens is 520 g/mol. The highest BCUT2D eigenvalue weighted by Crippen LogP contribution is 2.24. The molecule has 0 spiro atoms. The van der Waals surface area contributed by atoms with Crippen LogP contribution in [0.3, 0.4) is 0 Å². The van der Waals surface area contributed by atoms with Crippen molar-refractivity contribution in [2.45, 2.75) is 49.9 Å². The van der Waals surface area contributed by atoms with Crippen molar-refractivity contribution in [1.82, 2.24) is 10.3 Å². The number of carboxylic acid groups (broad SMARTS) is 3. The maximum absolute atomic E-state index is 11.6. The summed E-state index contributed by atoms with van der Waals surface area (Å²) in [5.74, 6) is -4.44. The second-order valence-corrected chi connectivity index (χ2v) is 9.49. The zero-order valence-corrected chi connectivity index (χ0v) is 21.3. The second kappa shape index (κ2) is 14.1. The number of carbonyl (C=O) groups excluding carboxylic acids is 2. The first-order chi connectivity index (χ1) is 17.9. The van der Waals surface area contributed by atoms with Crippen molar-refractivity contribution in [2.75, 3.05) is 6.61 Å². The van der Waals surface area contributed by atoms with Crippen LogP contribution in [0.1, 0.15) is 36.6 Å². The minimum absolute atomic E-state index is 0.211. The number of carboxylic acids is 3. The highest BCUT2D eigenvalue weighted by molar-refractivity contribution is 8.15. The average Bonchev–Trinajstić information content (AvgIpc) is 3.16. The summed E-state index contributed by atoms with van der Waals surface area (Å²) in [4.78, 5) is 57.7. The SMILES string of the molecule is CCc1ccc(CCOc2ccc(CC3SC(=O)NC3=O)cc2)nc1.O=C(O)CC(O)(CC(=O)O)C(=O)O. The van der Waals surface area contributed by atoms with Gasteiger partial charge in [0.15, 0.2) is 5.60 Å². The van der Waals surface area contributed by atoms with Gasteiger partial charge in [0.25, 0.3) is 5.24 Å². The molecule has 0 radical (unpaired) electrons. The lowest BCUT2D eigenvalue weighted by Gasteiger charge is -2.18. The van der Waals surface area contributed by atoms with E-state index in [0.717, 1.165) is 41.6 Å². The molecule has 1 atom stereocenters. The summed E-state index contributed by atoms with van der Waals surface area (Å²) in [6.45, 7) is 2.67. The highest BCUT2D eigenvalue weighted by Gasteiger charge is 2.40. The predicted octanol–water partition coefficient (Wildman–Crippen LogP) is 1.91. The summed E-state index contributed by atoms with van der Waals surface area (Å²) in [6, 6.07) is 11.8. The molecule has 2 amide bonds. The Kier molecular flexibility index (Phi) is 11.2. The number of nitrogens with one attached hydrogen (secondary N) is 1. The fourth-order valence-corrected chi connectivity index (χ4v) is 4.12. The number of aliphatic carboxylic acids is 3. The van der Waals surface area contributed by atoms with E-state index in [4.69, 9.17) is 25.2 Å². The van der Waals surface area contributed by atoms with Gasteiger partial charge in [-0.05, 0) is 42.2 Å². The standard InChI is InChI=1S/C19H20N2O3S.C6H8O7/c1-2-13-3-6-15(20-12-13)9-10-24-16-7-4-14(5-8-16)11-17-18(22)21-19(23)25-17;7-3(8)1-6(13,5(11)12)2-4(9)10/h3-8,12,17H,2,9-11H2,1H3,(H,21,22,23);13H,1-2H2,(H,7,8)(H,9,10)(H,11,12). The monoisotopic (exact) mass is 548 g/mol. The lowest BCUT2D eigenvalue weighted by molar-refractivity contribution is -0.170. The molecule has 0 aliphatic carbocycles. The molecule has 0 bridgehead atoms. The van der Waals surface area contributed by atoms with E-state index in [1.807, 2.05) is 36.5 Å². The largest absolute Gasteiger partial charge is 0.493 e. The number of thioether (sulfide) groups is 1. The smallest absolute Gasteiger partial charge is 0.336 e. The zero-order chi connectivity index (χ0) is 28.3. The number of ether oxygens (including phenoxy) is 1. The fraction of sp³-hybridized carbons (Fsp3) is 0.360. The first-order valence-electron chi connectivity index (χ1n) is 11.5. The van der Waals surface area contributed by atoms with Crippen molar-refractivity contribution in [2.24, 2.45) is 0 Å². The molecule has 1 aliphatic rings. The van der Waals surface area contributed by atoms with E-state index < -0.39 is 36.4 Å². The number of benzene rings is 1. The van der Waals surface area contributed by atoms with Crippen LogP contribution in [0.25, 0.3) is 0 Å². The van der Waals surface area contributed by atoms with Crippen molar-refractivity contribution in [3.8, 4) is 5.75 Å². The van der Waals surface area contributed by atoms with Crippen LogP contribution in [-0.2, 0) is 38.4 Å². The first-order valence-corrected chi connectivity index (χ1v) is 12.4. The minimum atomic E-state index is -2.74. The summed E-state index contributed by atoms with van der Waals surface area (Å²) >= 11 is 1.05. The Balaban J connectivity index is 0.000000332. The molecule has 1 unspecified atom stereocenters. The van der Waals surface area contributed by atoms with Crippen LogP contribution in [0.15, 0.2) is 42.6 Å². The van der Waals surface area contributed by atoms with Crippen molar-refractivity contribution in [3.05, 3.63) is 59.4 Å². The van der Waals surface area contributed by atoms with Crippen LogP contribution in [0.4, 0.5) is 4.79 Å². The Morgan fingerprint density at radius 3 is 2.05 bits per heavy atom. The molecule has 204 valence electrons. The summed E-state index contributed by atoms with van der Waals surface area (Å²) in [5, 5.41) is 35.5. The van der Waals surface area contributed by atoms with E-state index in [0.29, 0.717) is 13.0 Å². The number of aromatic nitrogens is 1. The maximum atomic E-state index is 11.6. The van der Waals surface area contributed by atoms with E-state index in [1.165, 1.54) is 5.56 Å². The zero-order valence-electron chi connectivity index (χ0n) is 20.5. The lowest BCUT2D eigenvalue weighted by Crippen LogP contribution is -2.42. The van der Waals surface area contributed by atoms with Gasteiger partial charge >= 0.3 is 17.9 Å². The molecule has 1 fully saturated rings. The lowest BCUT2D eigenvalue weighted by atomic mass is 9.96. The molecule has 12 nitrogen and oxygen atoms in total. The number of nitrogens with zero attached hydrogens (tertiary/aromatic N) is 1. The number of rotatable bonds is 12. The van der Waals surface area contributed by atoms with Gasteiger partial charge < -0.3 is 25.2 Å². The summed E-state index contributed by atoms with van der Waals surface area (Å²) in [5.41, 5.74) is 0.517. The molecule has 1 aliphatic heterocycles. The molecule has 1 aromatic heterocycles. The van der Waals surface area contributed by atoms with Crippen molar-refractivity contribution < 1.29 is 49.1 Å². The predicted molar refractivity (Wildman–Crippen MR) is 135 cm³/mol. The topological polar surface area (TPSA) is 200 Å². The average molecular weight is 549 g/mol. The van der Waals surface area contributed by atoms with E-state index in [2.05, 4.69) is 23.3 Å². The second-order valence-electron chi connectivity index (χ2n) is 8.32. The Morgan fingerprint density at radius 2 is 1.61 bits per heavy atom. The molecule has 13 heteroatoms. The molecule has 5 N–H and O–H groups in total. The van der Waals surface area contributed by atoms with Crippen molar-refractivity contribution >= 4 is 40.8 Å². The summed E-state index contributed by atoms with van der Waals surface area (Å²) in [7, 11) is 0. The quantitative estimate of drug-likeness (QED) is 0.258. The van der Waals surface area contributed by atoms with E-state index in [9.17, 15) is 24.0 Å². The van der Waals surface area contributed by atoms with Gasteiger partial charge in [-0.15, -0.1) is 0 Å². The maximum Gasteiger partial charge on any atom is 0.336 e. The van der Waals surface area contributed by atoms with Gasteiger partial charge in [0, 0.05) is 18.3 Å². The Bertz CT molecular complexity index is 1140. The van der Waals surface area contributed by atoms with Crippen LogP contribution in [0, 0.1) is 0 Å². The molecular formula is C25H28N2O10S. The molecule has 2 aromatic rings. The molecule has 2 heterocycles. The number of aliphatic hydroxyl groups is 1. The summed E-state index contributed by atoms with van der Waals surface area (Å²) < 4.78 is 5.75. The number of amides is 2. The van der Waals surface area contributed by atoms with Gasteiger partial charge in [0.2, 0.25) is 5.91 Å². The number of hydrogen-bond donors (Lipinski definition) is 5. The Labute approximate surface area is 222 Å². The molecule has 38 heavy (non-hydrogen) atoms. The van der Waals surface area contributed by atoms with Gasteiger partial charge in [0.05, 0.1) is 24.7 Å². The Hall–Kier alpha value is -3.97.